The Morgan fingerprint density at radius 1 is 1.12 bits per heavy atom. The summed E-state index contributed by atoms with van der Waals surface area (Å²) in [6.07, 6.45) is 1.42. The van der Waals surface area contributed by atoms with Crippen LogP contribution >= 0.6 is 7.60 Å². The van der Waals surface area contributed by atoms with Gasteiger partial charge in [0, 0.05) is 6.21 Å². The molecule has 0 radical (unpaired) electrons. The molecule has 0 bridgehead atoms. The number of rotatable bonds is 6. The van der Waals surface area contributed by atoms with Gasteiger partial charge in [-0.05, 0) is 32.9 Å². The van der Waals surface area contributed by atoms with Gasteiger partial charge in [-0.1, -0.05) is 18.2 Å². The first-order chi connectivity index (χ1) is 11.9. The van der Waals surface area contributed by atoms with E-state index in [1.54, 1.807) is 51.1 Å². The van der Waals surface area contributed by atoms with Crippen LogP contribution in [0.15, 0.2) is 35.3 Å². The Balaban J connectivity index is 2.03. The second kappa shape index (κ2) is 6.48. The number of para-hydroxylation sites is 1. The van der Waals surface area contributed by atoms with Gasteiger partial charge in [0.15, 0.2) is 5.28 Å². The van der Waals surface area contributed by atoms with Gasteiger partial charge in [0.25, 0.3) is 0 Å². The van der Waals surface area contributed by atoms with Crippen molar-refractivity contribution in [3.8, 4) is 0 Å². The van der Waals surface area contributed by atoms with E-state index in [0.29, 0.717) is 5.69 Å². The van der Waals surface area contributed by atoms with E-state index in [9.17, 15) is 14.2 Å². The Kier molecular flexibility index (Phi) is 4.66. The van der Waals surface area contributed by atoms with Crippen molar-refractivity contribution in [3.63, 3.8) is 0 Å². The van der Waals surface area contributed by atoms with Crippen molar-refractivity contribution in [2.24, 2.45) is 16.8 Å². The average molecular weight is 364 g/mol. The van der Waals surface area contributed by atoms with E-state index >= 15 is 0 Å². The first-order valence-corrected chi connectivity index (χ1v) is 9.81. The van der Waals surface area contributed by atoms with Gasteiger partial charge in [-0.2, -0.15) is 0 Å². The van der Waals surface area contributed by atoms with Crippen LogP contribution in [-0.4, -0.2) is 36.5 Å². The molecule has 2 amide bonds. The van der Waals surface area contributed by atoms with E-state index in [2.05, 4.69) is 4.99 Å². The van der Waals surface area contributed by atoms with Crippen LogP contribution < -0.4 is 4.90 Å². The molecule has 1 saturated heterocycles. The predicted octanol–water partition coefficient (Wildman–Crippen LogP) is 2.86. The molecule has 0 aromatic heterocycles. The van der Waals surface area contributed by atoms with Gasteiger partial charge in [-0.15, -0.1) is 0 Å². The molecule has 3 atom stereocenters. The van der Waals surface area contributed by atoms with Gasteiger partial charge in [-0.25, -0.2) is 4.90 Å². The lowest BCUT2D eigenvalue weighted by atomic mass is 9.93. The molecule has 0 unspecified atom stereocenters. The molecule has 1 aromatic rings. The predicted molar refractivity (Wildman–Crippen MR) is 93.7 cm³/mol. The van der Waals surface area contributed by atoms with Crippen LogP contribution in [0.5, 0.6) is 0 Å². The lowest BCUT2D eigenvalue weighted by Crippen LogP contribution is -2.39. The minimum atomic E-state index is -3.73. The molecule has 0 spiro atoms. The molecule has 25 heavy (non-hydrogen) atoms. The Hall–Kier alpha value is -1.82. The molecule has 1 aromatic carbocycles. The third-order valence-corrected chi connectivity index (χ3v) is 7.30. The molecule has 2 heterocycles. The zero-order valence-electron chi connectivity index (χ0n) is 14.4. The lowest BCUT2D eigenvalue weighted by molar-refractivity contribution is -0.122. The standard InChI is InChI=1S/C17H21N2O5P/c1-4-23-25(22,24-5-2)17(3)14-13(11-18-17)15(20)19(16(14)21)12-9-7-6-8-10-12/h6-11,13-14H,4-5H2,1-3H3/t13-,14+,17+/m0/s1. The first-order valence-electron chi connectivity index (χ1n) is 8.27. The summed E-state index contributed by atoms with van der Waals surface area (Å²) >= 11 is 0. The number of amides is 2. The minimum absolute atomic E-state index is 0.157. The van der Waals surface area contributed by atoms with Gasteiger partial charge in [-0.3, -0.25) is 19.1 Å². The van der Waals surface area contributed by atoms with E-state index in [1.807, 2.05) is 0 Å². The molecule has 7 nitrogen and oxygen atoms in total. The highest BCUT2D eigenvalue weighted by molar-refractivity contribution is 7.55. The number of fused-ring (bicyclic) bond motifs is 1. The van der Waals surface area contributed by atoms with Crippen LogP contribution in [0.4, 0.5) is 5.69 Å². The quantitative estimate of drug-likeness (QED) is 0.572. The van der Waals surface area contributed by atoms with Gasteiger partial charge in [0.2, 0.25) is 11.8 Å². The molecule has 3 rings (SSSR count). The van der Waals surface area contributed by atoms with Crippen molar-refractivity contribution in [2.75, 3.05) is 18.1 Å². The lowest BCUT2D eigenvalue weighted by Gasteiger charge is -2.33. The van der Waals surface area contributed by atoms with E-state index in [-0.39, 0.29) is 19.1 Å². The number of carbonyl (C=O) groups is 2. The Morgan fingerprint density at radius 2 is 1.72 bits per heavy atom. The number of nitrogens with zero attached hydrogens (tertiary/aromatic N) is 2. The molecular weight excluding hydrogens is 343 g/mol. The SMILES string of the molecule is CCOP(=O)(OCC)[C@@]1(C)N=C[C@@H]2C(=O)N(c3ccccc3)C(=O)[C@@H]21. The maximum atomic E-state index is 13.3. The zero-order chi connectivity index (χ0) is 18.2. The second-order valence-electron chi connectivity index (χ2n) is 6.06. The monoisotopic (exact) mass is 364 g/mol. The Labute approximate surface area is 146 Å². The molecule has 0 saturated carbocycles. The van der Waals surface area contributed by atoms with Crippen molar-refractivity contribution in [1.82, 2.24) is 0 Å². The number of benzene rings is 1. The first kappa shape index (κ1) is 18.0. The normalized spacial score (nSPS) is 28.7. The number of hydrogen-bond donors (Lipinski definition) is 0. The number of aliphatic imine (C=N–C) groups is 1. The van der Waals surface area contributed by atoms with Crippen LogP contribution in [0.2, 0.25) is 0 Å². The van der Waals surface area contributed by atoms with E-state index in [0.717, 1.165) is 4.90 Å². The third-order valence-electron chi connectivity index (χ3n) is 4.60. The van der Waals surface area contributed by atoms with Crippen molar-refractivity contribution in [2.45, 2.75) is 26.1 Å². The number of imide groups is 1. The van der Waals surface area contributed by atoms with Crippen molar-refractivity contribution >= 4 is 31.3 Å². The summed E-state index contributed by atoms with van der Waals surface area (Å²) in [7, 11) is -3.73. The van der Waals surface area contributed by atoms with Crippen molar-refractivity contribution < 1.29 is 23.2 Å². The fourth-order valence-electron chi connectivity index (χ4n) is 3.44. The van der Waals surface area contributed by atoms with Gasteiger partial charge in [0.1, 0.15) is 0 Å². The number of hydrogen-bond acceptors (Lipinski definition) is 6. The molecular formula is C17H21N2O5P. The highest BCUT2D eigenvalue weighted by atomic mass is 31.2. The molecule has 1 fully saturated rings. The molecule has 8 heteroatoms. The van der Waals surface area contributed by atoms with E-state index < -0.39 is 30.6 Å². The van der Waals surface area contributed by atoms with Crippen LogP contribution in [0, 0.1) is 11.8 Å². The second-order valence-corrected chi connectivity index (χ2v) is 8.47. The Bertz CT molecular complexity index is 756. The van der Waals surface area contributed by atoms with Crippen LogP contribution in [0.25, 0.3) is 0 Å². The largest absolute Gasteiger partial charge is 0.358 e. The molecule has 2 aliphatic heterocycles. The number of anilines is 1. The van der Waals surface area contributed by atoms with Crippen molar-refractivity contribution in [3.05, 3.63) is 30.3 Å². The van der Waals surface area contributed by atoms with Gasteiger partial charge >= 0.3 is 7.60 Å². The summed E-state index contributed by atoms with van der Waals surface area (Å²) in [5, 5.41) is -1.42. The maximum absolute atomic E-state index is 13.3. The highest BCUT2D eigenvalue weighted by Gasteiger charge is 2.66. The summed E-state index contributed by atoms with van der Waals surface area (Å²) in [5.74, 6) is -2.45. The van der Waals surface area contributed by atoms with Gasteiger partial charge in [0.05, 0.1) is 30.7 Å². The van der Waals surface area contributed by atoms with Crippen molar-refractivity contribution in [1.29, 1.82) is 0 Å². The molecule has 2 aliphatic rings. The highest BCUT2D eigenvalue weighted by Crippen LogP contribution is 2.67. The summed E-state index contributed by atoms with van der Waals surface area (Å²) in [6.45, 7) is 5.28. The van der Waals surface area contributed by atoms with E-state index in [4.69, 9.17) is 9.05 Å². The average Bonchev–Trinajstić information content (AvgIpc) is 3.07. The summed E-state index contributed by atoms with van der Waals surface area (Å²) < 4.78 is 24.2. The molecule has 134 valence electrons. The summed E-state index contributed by atoms with van der Waals surface area (Å²) in [6, 6.07) is 8.69. The summed E-state index contributed by atoms with van der Waals surface area (Å²) in [4.78, 5) is 31.3. The molecule has 0 N–H and O–H groups in total. The number of carbonyl (C=O) groups excluding carboxylic acids is 2. The topological polar surface area (TPSA) is 85.3 Å². The smallest absolute Gasteiger partial charge is 0.307 e. The van der Waals surface area contributed by atoms with Crippen LogP contribution in [0.3, 0.4) is 0 Å². The fraction of sp³-hybridized carbons (Fsp3) is 0.471. The van der Waals surface area contributed by atoms with Gasteiger partial charge < -0.3 is 9.05 Å². The minimum Gasteiger partial charge on any atom is -0.307 e. The third kappa shape index (κ3) is 2.58. The zero-order valence-corrected chi connectivity index (χ0v) is 15.3. The van der Waals surface area contributed by atoms with Crippen LogP contribution in [-0.2, 0) is 23.2 Å². The van der Waals surface area contributed by atoms with Crippen LogP contribution in [0.1, 0.15) is 20.8 Å². The summed E-state index contributed by atoms with van der Waals surface area (Å²) in [5.41, 5.74) is 0.491. The maximum Gasteiger partial charge on any atom is 0.358 e. The van der Waals surface area contributed by atoms with E-state index in [1.165, 1.54) is 6.21 Å². The fourth-order valence-corrected chi connectivity index (χ4v) is 5.54. The molecule has 0 aliphatic carbocycles. The Morgan fingerprint density at radius 3 is 2.28 bits per heavy atom.